The molecule has 0 aliphatic heterocycles. The molecule has 158 valence electrons. The third-order valence-corrected chi connectivity index (χ3v) is 4.39. The van der Waals surface area contributed by atoms with Crippen LogP contribution >= 0.6 is 0 Å². The number of nitrogens with zero attached hydrogens (tertiary/aromatic N) is 5. The Bertz CT molecular complexity index is 1200. The van der Waals surface area contributed by atoms with E-state index < -0.39 is 0 Å². The van der Waals surface area contributed by atoms with Crippen LogP contribution in [0.3, 0.4) is 0 Å². The summed E-state index contributed by atoms with van der Waals surface area (Å²) in [5.41, 5.74) is 7.63. The highest BCUT2D eigenvalue weighted by atomic mass is 16.5. The van der Waals surface area contributed by atoms with Gasteiger partial charge in [-0.15, -0.1) is 5.10 Å². The zero-order valence-electron chi connectivity index (χ0n) is 16.8. The summed E-state index contributed by atoms with van der Waals surface area (Å²) in [6.07, 6.45) is 0. The SMILES string of the molecule is COc1ccc(NC(=O)Cn2nnc(-c3nc(-c4ccccc4)no3)c2N)cc1OC. The number of methoxy groups -OCH3 is 2. The van der Waals surface area contributed by atoms with Crippen LogP contribution in [0, 0.1) is 0 Å². The number of hydrogen-bond acceptors (Lipinski definition) is 9. The van der Waals surface area contributed by atoms with Gasteiger partial charge in [-0.25, -0.2) is 4.68 Å². The maximum Gasteiger partial charge on any atom is 0.282 e. The quantitative estimate of drug-likeness (QED) is 0.459. The molecule has 2 heterocycles. The Kier molecular flexibility index (Phi) is 5.47. The van der Waals surface area contributed by atoms with Gasteiger partial charge in [0.2, 0.25) is 11.7 Å². The Balaban J connectivity index is 1.48. The van der Waals surface area contributed by atoms with E-state index in [-0.39, 0.29) is 29.9 Å². The van der Waals surface area contributed by atoms with Crippen molar-refractivity contribution in [2.75, 3.05) is 25.3 Å². The van der Waals surface area contributed by atoms with Crippen LogP contribution in [0.2, 0.25) is 0 Å². The Morgan fingerprint density at radius 2 is 1.90 bits per heavy atom. The molecule has 4 aromatic rings. The third kappa shape index (κ3) is 4.15. The van der Waals surface area contributed by atoms with Gasteiger partial charge in [-0.2, -0.15) is 4.98 Å². The summed E-state index contributed by atoms with van der Waals surface area (Å²) in [5.74, 6) is 1.34. The minimum Gasteiger partial charge on any atom is -0.493 e. The lowest BCUT2D eigenvalue weighted by Crippen LogP contribution is -2.20. The van der Waals surface area contributed by atoms with Crippen LogP contribution in [0.15, 0.2) is 53.1 Å². The summed E-state index contributed by atoms with van der Waals surface area (Å²) in [7, 11) is 3.05. The number of anilines is 2. The monoisotopic (exact) mass is 421 g/mol. The Morgan fingerprint density at radius 1 is 1.13 bits per heavy atom. The van der Waals surface area contributed by atoms with Gasteiger partial charge in [0.1, 0.15) is 6.54 Å². The molecule has 0 saturated heterocycles. The minimum atomic E-state index is -0.356. The van der Waals surface area contributed by atoms with Crippen LogP contribution in [-0.2, 0) is 11.3 Å². The first-order chi connectivity index (χ1) is 15.1. The van der Waals surface area contributed by atoms with Crippen molar-refractivity contribution in [3.05, 3.63) is 48.5 Å². The van der Waals surface area contributed by atoms with E-state index in [2.05, 4.69) is 25.8 Å². The highest BCUT2D eigenvalue weighted by Crippen LogP contribution is 2.30. The molecule has 11 nitrogen and oxygen atoms in total. The van der Waals surface area contributed by atoms with Crippen LogP contribution in [0.4, 0.5) is 11.5 Å². The normalized spacial score (nSPS) is 10.6. The van der Waals surface area contributed by atoms with Gasteiger partial charge < -0.3 is 25.0 Å². The van der Waals surface area contributed by atoms with E-state index in [1.165, 1.54) is 18.9 Å². The van der Waals surface area contributed by atoms with E-state index in [0.29, 0.717) is 23.0 Å². The molecular weight excluding hydrogens is 402 g/mol. The molecule has 3 N–H and O–H groups in total. The maximum absolute atomic E-state index is 12.4. The molecule has 0 aliphatic rings. The van der Waals surface area contributed by atoms with Gasteiger partial charge in [-0.1, -0.05) is 40.7 Å². The number of benzene rings is 2. The van der Waals surface area contributed by atoms with Gasteiger partial charge in [-0.3, -0.25) is 4.79 Å². The van der Waals surface area contributed by atoms with Crippen molar-refractivity contribution in [1.82, 2.24) is 25.1 Å². The number of nitrogen functional groups attached to an aromatic ring is 1. The second-order valence-electron chi connectivity index (χ2n) is 6.39. The van der Waals surface area contributed by atoms with Crippen LogP contribution in [0.25, 0.3) is 23.0 Å². The van der Waals surface area contributed by atoms with Crippen molar-refractivity contribution in [2.24, 2.45) is 0 Å². The number of carbonyl (C=O) groups is 1. The lowest BCUT2D eigenvalue weighted by atomic mass is 10.2. The first-order valence-corrected chi connectivity index (χ1v) is 9.19. The van der Waals surface area contributed by atoms with Gasteiger partial charge in [0.05, 0.1) is 14.2 Å². The predicted molar refractivity (Wildman–Crippen MR) is 111 cm³/mol. The fourth-order valence-electron chi connectivity index (χ4n) is 2.86. The van der Waals surface area contributed by atoms with Crippen LogP contribution < -0.4 is 20.5 Å². The molecule has 0 unspecified atom stereocenters. The fourth-order valence-corrected chi connectivity index (χ4v) is 2.86. The lowest BCUT2D eigenvalue weighted by molar-refractivity contribution is -0.116. The average molecular weight is 421 g/mol. The highest BCUT2D eigenvalue weighted by molar-refractivity contribution is 5.91. The number of nitrogens with two attached hydrogens (primary N) is 1. The molecule has 11 heteroatoms. The molecule has 0 aliphatic carbocycles. The predicted octanol–water partition coefficient (Wildman–Crippen LogP) is 2.23. The zero-order valence-corrected chi connectivity index (χ0v) is 16.8. The summed E-state index contributed by atoms with van der Waals surface area (Å²) in [5, 5.41) is 14.6. The molecule has 0 atom stereocenters. The topological polar surface area (TPSA) is 143 Å². The molecule has 0 radical (unpaired) electrons. The number of nitrogens with one attached hydrogen (secondary N) is 1. The zero-order chi connectivity index (χ0) is 21.8. The van der Waals surface area contributed by atoms with Crippen molar-refractivity contribution in [2.45, 2.75) is 6.54 Å². The summed E-state index contributed by atoms with van der Waals surface area (Å²) in [4.78, 5) is 16.8. The van der Waals surface area contributed by atoms with Crippen LogP contribution in [0.1, 0.15) is 0 Å². The van der Waals surface area contributed by atoms with E-state index in [9.17, 15) is 4.79 Å². The number of ether oxygens (including phenoxy) is 2. The summed E-state index contributed by atoms with van der Waals surface area (Å²) < 4.78 is 16.9. The second-order valence-corrected chi connectivity index (χ2v) is 6.39. The average Bonchev–Trinajstić information content (AvgIpc) is 3.41. The summed E-state index contributed by atoms with van der Waals surface area (Å²) >= 11 is 0. The van der Waals surface area contributed by atoms with Gasteiger partial charge in [0, 0.05) is 17.3 Å². The molecule has 2 aromatic carbocycles. The van der Waals surface area contributed by atoms with Gasteiger partial charge in [-0.05, 0) is 12.1 Å². The number of rotatable bonds is 7. The molecule has 4 rings (SSSR count). The first-order valence-electron chi connectivity index (χ1n) is 9.19. The van der Waals surface area contributed by atoms with Gasteiger partial charge >= 0.3 is 0 Å². The second kappa shape index (κ2) is 8.53. The van der Waals surface area contributed by atoms with E-state index >= 15 is 0 Å². The van der Waals surface area contributed by atoms with Gasteiger partial charge in [0.15, 0.2) is 23.0 Å². The Morgan fingerprint density at radius 3 is 2.65 bits per heavy atom. The van der Waals surface area contributed by atoms with E-state index in [4.69, 9.17) is 19.7 Å². The van der Waals surface area contributed by atoms with Crippen LogP contribution in [-0.4, -0.2) is 45.3 Å². The number of carbonyl (C=O) groups excluding carboxylic acids is 1. The Labute approximate surface area is 176 Å². The smallest absolute Gasteiger partial charge is 0.282 e. The summed E-state index contributed by atoms with van der Waals surface area (Å²) in [6.45, 7) is -0.160. The molecule has 31 heavy (non-hydrogen) atoms. The number of amides is 1. The van der Waals surface area contributed by atoms with Crippen molar-refractivity contribution in [3.8, 4) is 34.5 Å². The van der Waals surface area contributed by atoms with Crippen LogP contribution in [0.5, 0.6) is 11.5 Å². The largest absolute Gasteiger partial charge is 0.493 e. The molecular formula is C20H19N7O4. The van der Waals surface area contributed by atoms with E-state index in [0.717, 1.165) is 5.56 Å². The molecule has 0 bridgehead atoms. The van der Waals surface area contributed by atoms with Gasteiger partial charge in [0.25, 0.3) is 5.89 Å². The fraction of sp³-hybridized carbons (Fsp3) is 0.150. The van der Waals surface area contributed by atoms with Crippen molar-refractivity contribution in [3.63, 3.8) is 0 Å². The maximum atomic E-state index is 12.4. The van der Waals surface area contributed by atoms with E-state index in [1.807, 2.05) is 30.3 Å². The van der Waals surface area contributed by atoms with Crippen molar-refractivity contribution < 1.29 is 18.8 Å². The molecule has 1 amide bonds. The standard InChI is InChI=1S/C20H19N7O4/c1-29-14-9-8-13(10-15(14)30-2)22-16(28)11-27-18(21)17(24-26-27)20-23-19(25-31-20)12-6-4-3-5-7-12/h3-10H,11,21H2,1-2H3,(H,22,28). The third-order valence-electron chi connectivity index (χ3n) is 4.39. The summed E-state index contributed by atoms with van der Waals surface area (Å²) in [6, 6.07) is 14.4. The molecule has 2 aromatic heterocycles. The lowest BCUT2D eigenvalue weighted by Gasteiger charge is -2.10. The van der Waals surface area contributed by atoms with Crippen molar-refractivity contribution >= 4 is 17.4 Å². The van der Waals surface area contributed by atoms with E-state index in [1.54, 1.807) is 18.2 Å². The first kappa shape index (κ1) is 19.9. The molecule has 0 spiro atoms. The number of aromatic nitrogens is 5. The van der Waals surface area contributed by atoms with Crippen molar-refractivity contribution in [1.29, 1.82) is 0 Å². The Hall–Kier alpha value is -4.41. The molecule has 0 saturated carbocycles. The highest BCUT2D eigenvalue weighted by Gasteiger charge is 2.20. The minimum absolute atomic E-state index is 0.114. The number of hydrogen-bond donors (Lipinski definition) is 2. The molecule has 0 fully saturated rings.